The maximum absolute atomic E-state index is 11.8. The number of nitrogens with one attached hydrogen (secondary N) is 1. The van der Waals surface area contributed by atoms with Gasteiger partial charge in [0.1, 0.15) is 6.04 Å². The Bertz CT molecular complexity index is 448. The van der Waals surface area contributed by atoms with Gasteiger partial charge < -0.3 is 20.4 Å². The van der Waals surface area contributed by atoms with Crippen molar-refractivity contribution in [1.29, 1.82) is 0 Å². The van der Waals surface area contributed by atoms with Crippen LogP contribution >= 0.6 is 0 Å². The van der Waals surface area contributed by atoms with Crippen LogP contribution in [0.15, 0.2) is 30.3 Å². The molecule has 2 atom stereocenters. The first-order chi connectivity index (χ1) is 9.40. The topological polar surface area (TPSA) is 89.9 Å². The quantitative estimate of drug-likeness (QED) is 0.715. The number of hydrogen-bond acceptors (Lipinski definition) is 3. The molecule has 0 saturated heterocycles. The van der Waals surface area contributed by atoms with Crippen LogP contribution < -0.4 is 5.32 Å². The molecule has 20 heavy (non-hydrogen) atoms. The lowest BCUT2D eigenvalue weighted by Crippen LogP contribution is -2.49. The van der Waals surface area contributed by atoms with E-state index in [1.54, 1.807) is 6.92 Å². The number of nitrogens with zero attached hydrogens (tertiary/aromatic N) is 1. The van der Waals surface area contributed by atoms with Crippen molar-refractivity contribution >= 4 is 12.0 Å². The number of aliphatic hydroxyl groups excluding tert-OH is 1. The standard InChI is InChI=1S/C14H20N2O4/c1-10(17)9-16(2)14(20)15-12(13(18)19)8-11-6-4-3-5-7-11/h3-7,10,12,17H,8-9H2,1-2H3,(H,15,20)(H,18,19). The third kappa shape index (κ3) is 5.27. The molecule has 6 nitrogen and oxygen atoms in total. The molecule has 0 radical (unpaired) electrons. The van der Waals surface area contributed by atoms with E-state index in [4.69, 9.17) is 5.11 Å². The predicted octanol–water partition coefficient (Wildman–Crippen LogP) is 0.704. The Hall–Kier alpha value is -2.08. The minimum atomic E-state index is -1.09. The van der Waals surface area contributed by atoms with Crippen LogP contribution in [0.1, 0.15) is 12.5 Å². The van der Waals surface area contributed by atoms with Crippen molar-refractivity contribution in [2.75, 3.05) is 13.6 Å². The summed E-state index contributed by atoms with van der Waals surface area (Å²) in [5.74, 6) is -1.09. The summed E-state index contributed by atoms with van der Waals surface area (Å²) in [7, 11) is 1.50. The lowest BCUT2D eigenvalue weighted by atomic mass is 10.1. The molecule has 0 aromatic heterocycles. The molecule has 2 unspecified atom stereocenters. The molecule has 1 aromatic rings. The van der Waals surface area contributed by atoms with Gasteiger partial charge in [0.15, 0.2) is 0 Å². The lowest BCUT2D eigenvalue weighted by molar-refractivity contribution is -0.139. The fraction of sp³-hybridized carbons (Fsp3) is 0.429. The molecular formula is C14H20N2O4. The number of urea groups is 1. The number of carbonyl (C=O) groups excluding carboxylic acids is 1. The molecule has 0 fully saturated rings. The van der Waals surface area contributed by atoms with E-state index in [1.807, 2.05) is 30.3 Å². The zero-order valence-corrected chi connectivity index (χ0v) is 11.6. The van der Waals surface area contributed by atoms with Gasteiger partial charge in [-0.25, -0.2) is 9.59 Å². The maximum Gasteiger partial charge on any atom is 0.326 e. The monoisotopic (exact) mass is 280 g/mol. The third-order valence-electron chi connectivity index (χ3n) is 2.76. The van der Waals surface area contributed by atoms with Crippen LogP contribution in [0.3, 0.4) is 0 Å². The average molecular weight is 280 g/mol. The Morgan fingerprint density at radius 1 is 1.30 bits per heavy atom. The van der Waals surface area contributed by atoms with Gasteiger partial charge in [0.25, 0.3) is 0 Å². The Labute approximate surface area is 118 Å². The van der Waals surface area contributed by atoms with Crippen LogP contribution in [0.25, 0.3) is 0 Å². The van der Waals surface area contributed by atoms with E-state index in [1.165, 1.54) is 11.9 Å². The molecule has 0 aliphatic rings. The molecule has 0 aliphatic carbocycles. The van der Waals surface area contributed by atoms with E-state index >= 15 is 0 Å². The van der Waals surface area contributed by atoms with E-state index in [-0.39, 0.29) is 13.0 Å². The zero-order valence-electron chi connectivity index (χ0n) is 11.6. The molecule has 0 saturated carbocycles. The highest BCUT2D eigenvalue weighted by molar-refractivity contribution is 5.82. The highest BCUT2D eigenvalue weighted by Crippen LogP contribution is 2.04. The second kappa shape index (κ2) is 7.49. The Balaban J connectivity index is 2.64. The molecular weight excluding hydrogens is 260 g/mol. The van der Waals surface area contributed by atoms with Gasteiger partial charge in [-0.05, 0) is 12.5 Å². The van der Waals surface area contributed by atoms with Gasteiger partial charge in [-0.15, -0.1) is 0 Å². The van der Waals surface area contributed by atoms with Crippen LogP contribution in [0, 0.1) is 0 Å². The molecule has 3 N–H and O–H groups in total. The number of carbonyl (C=O) groups is 2. The number of rotatable bonds is 6. The van der Waals surface area contributed by atoms with Gasteiger partial charge in [-0.2, -0.15) is 0 Å². The van der Waals surface area contributed by atoms with Crippen molar-refractivity contribution in [1.82, 2.24) is 10.2 Å². The number of benzene rings is 1. The number of aliphatic hydroxyl groups is 1. The van der Waals surface area contributed by atoms with E-state index in [2.05, 4.69) is 5.32 Å². The average Bonchev–Trinajstić information content (AvgIpc) is 2.38. The summed E-state index contributed by atoms with van der Waals surface area (Å²) in [4.78, 5) is 24.3. The van der Waals surface area contributed by atoms with E-state index < -0.39 is 24.1 Å². The van der Waals surface area contributed by atoms with Crippen LogP contribution in [0.5, 0.6) is 0 Å². The zero-order chi connectivity index (χ0) is 15.1. The SMILES string of the molecule is CC(O)CN(C)C(=O)NC(Cc1ccccc1)C(=O)O. The van der Waals surface area contributed by atoms with Crippen molar-refractivity contribution in [2.45, 2.75) is 25.5 Å². The van der Waals surface area contributed by atoms with Crippen molar-refractivity contribution in [2.24, 2.45) is 0 Å². The van der Waals surface area contributed by atoms with Crippen molar-refractivity contribution < 1.29 is 19.8 Å². The Morgan fingerprint density at radius 2 is 1.90 bits per heavy atom. The predicted molar refractivity (Wildman–Crippen MR) is 74.4 cm³/mol. The highest BCUT2D eigenvalue weighted by Gasteiger charge is 2.22. The first-order valence-electron chi connectivity index (χ1n) is 6.36. The molecule has 6 heteroatoms. The van der Waals surface area contributed by atoms with E-state index in [0.717, 1.165) is 5.56 Å². The molecule has 1 rings (SSSR count). The number of carboxylic acid groups (broad SMARTS) is 1. The number of carboxylic acids is 1. The summed E-state index contributed by atoms with van der Waals surface area (Å²) in [6.45, 7) is 1.70. The second-order valence-corrected chi connectivity index (χ2v) is 4.76. The summed E-state index contributed by atoms with van der Waals surface area (Å²) in [5, 5.41) is 20.8. The molecule has 0 spiro atoms. The maximum atomic E-state index is 11.8. The van der Waals surface area contributed by atoms with Gasteiger partial charge in [0, 0.05) is 20.0 Å². The minimum Gasteiger partial charge on any atom is -0.480 e. The summed E-state index contributed by atoms with van der Waals surface area (Å²) in [6, 6.07) is 7.57. The third-order valence-corrected chi connectivity index (χ3v) is 2.76. The van der Waals surface area contributed by atoms with Crippen LogP contribution in [0.2, 0.25) is 0 Å². The van der Waals surface area contributed by atoms with E-state index in [9.17, 15) is 14.7 Å². The first-order valence-corrected chi connectivity index (χ1v) is 6.36. The molecule has 110 valence electrons. The van der Waals surface area contributed by atoms with Gasteiger partial charge in [0.2, 0.25) is 0 Å². The normalized spacial score (nSPS) is 13.3. The van der Waals surface area contributed by atoms with Gasteiger partial charge >= 0.3 is 12.0 Å². The van der Waals surface area contributed by atoms with E-state index in [0.29, 0.717) is 0 Å². The molecule has 0 aliphatic heterocycles. The molecule has 1 aromatic carbocycles. The number of likely N-dealkylation sites (N-methyl/N-ethyl adjacent to an activating group) is 1. The lowest BCUT2D eigenvalue weighted by Gasteiger charge is -2.22. The molecule has 0 bridgehead atoms. The summed E-state index contributed by atoms with van der Waals surface area (Å²) in [5.41, 5.74) is 0.832. The fourth-order valence-corrected chi connectivity index (χ4v) is 1.79. The van der Waals surface area contributed by atoms with Crippen LogP contribution in [-0.4, -0.2) is 52.9 Å². The van der Waals surface area contributed by atoms with Crippen molar-refractivity contribution in [3.63, 3.8) is 0 Å². The minimum absolute atomic E-state index is 0.142. The molecule has 2 amide bonds. The van der Waals surface area contributed by atoms with Gasteiger partial charge in [-0.3, -0.25) is 0 Å². The first kappa shape index (κ1) is 16.0. The van der Waals surface area contributed by atoms with Crippen molar-refractivity contribution in [3.05, 3.63) is 35.9 Å². The number of hydrogen-bond donors (Lipinski definition) is 3. The number of amides is 2. The molecule has 0 heterocycles. The Morgan fingerprint density at radius 3 is 2.40 bits per heavy atom. The van der Waals surface area contributed by atoms with Gasteiger partial charge in [0.05, 0.1) is 6.10 Å². The van der Waals surface area contributed by atoms with Crippen LogP contribution in [-0.2, 0) is 11.2 Å². The van der Waals surface area contributed by atoms with Crippen molar-refractivity contribution in [3.8, 4) is 0 Å². The summed E-state index contributed by atoms with van der Waals surface area (Å²) in [6.07, 6.45) is -0.451. The Kier molecular flexibility index (Phi) is 5.99. The summed E-state index contributed by atoms with van der Waals surface area (Å²) >= 11 is 0. The second-order valence-electron chi connectivity index (χ2n) is 4.76. The number of aliphatic carboxylic acids is 1. The smallest absolute Gasteiger partial charge is 0.326 e. The van der Waals surface area contributed by atoms with Gasteiger partial charge in [-0.1, -0.05) is 30.3 Å². The van der Waals surface area contributed by atoms with Crippen LogP contribution in [0.4, 0.5) is 4.79 Å². The largest absolute Gasteiger partial charge is 0.480 e. The fourth-order valence-electron chi connectivity index (χ4n) is 1.79. The summed E-state index contributed by atoms with van der Waals surface area (Å²) < 4.78 is 0. The highest BCUT2D eigenvalue weighted by atomic mass is 16.4.